The monoisotopic (exact) mass is 295 g/mol. The second-order valence-corrected chi connectivity index (χ2v) is 5.90. The maximum absolute atomic E-state index is 12.8. The first-order chi connectivity index (χ1) is 10.6. The third kappa shape index (κ3) is 1.70. The maximum atomic E-state index is 12.8. The third-order valence-corrected chi connectivity index (χ3v) is 4.52. The lowest BCUT2D eigenvalue weighted by Gasteiger charge is -2.25. The first-order valence-corrected chi connectivity index (χ1v) is 7.35. The standard InChI is InChI=1S/C16H17N5O/c1-20-14(22)16(11-5-6-11,19-15(20)17)12-3-2-4-13(9-12)21-8-7-18-10-21/h2-4,7-11H,5-6H2,1H3,(H2,17,19). The second kappa shape index (κ2) is 4.43. The molecule has 1 unspecified atom stereocenters. The zero-order chi connectivity index (χ0) is 15.3. The molecular weight excluding hydrogens is 278 g/mol. The average molecular weight is 295 g/mol. The Morgan fingerprint density at radius 3 is 2.77 bits per heavy atom. The number of likely N-dealkylation sites (N-methyl/N-ethyl adjacent to an activating group) is 1. The van der Waals surface area contributed by atoms with Crippen LogP contribution in [0.5, 0.6) is 0 Å². The molecule has 1 saturated carbocycles. The number of aliphatic imine (C=N–C) groups is 1. The highest BCUT2D eigenvalue weighted by Crippen LogP contribution is 2.51. The smallest absolute Gasteiger partial charge is 0.261 e. The van der Waals surface area contributed by atoms with Gasteiger partial charge in [-0.3, -0.25) is 9.69 Å². The van der Waals surface area contributed by atoms with Crippen molar-refractivity contribution in [2.45, 2.75) is 18.4 Å². The quantitative estimate of drug-likeness (QED) is 0.926. The molecule has 22 heavy (non-hydrogen) atoms. The molecule has 1 amide bonds. The molecular formula is C16H17N5O. The van der Waals surface area contributed by atoms with Gasteiger partial charge in [0, 0.05) is 25.1 Å². The van der Waals surface area contributed by atoms with Crippen LogP contribution >= 0.6 is 0 Å². The minimum Gasteiger partial charge on any atom is -0.369 e. The predicted molar refractivity (Wildman–Crippen MR) is 82.4 cm³/mol. The van der Waals surface area contributed by atoms with Gasteiger partial charge in [-0.15, -0.1) is 0 Å². The van der Waals surface area contributed by atoms with E-state index in [1.54, 1.807) is 19.6 Å². The van der Waals surface area contributed by atoms with Crippen LogP contribution in [0.3, 0.4) is 0 Å². The molecule has 112 valence electrons. The van der Waals surface area contributed by atoms with Crippen LogP contribution in [0.4, 0.5) is 0 Å². The van der Waals surface area contributed by atoms with Crippen molar-refractivity contribution < 1.29 is 4.79 Å². The molecule has 0 saturated heterocycles. The fraction of sp³-hybridized carbons (Fsp3) is 0.312. The first-order valence-electron chi connectivity index (χ1n) is 7.35. The number of amides is 1. The molecule has 2 aromatic rings. The van der Waals surface area contributed by atoms with Crippen molar-refractivity contribution in [2.24, 2.45) is 16.6 Å². The molecule has 2 N–H and O–H groups in total. The molecule has 2 aliphatic rings. The fourth-order valence-corrected chi connectivity index (χ4v) is 3.17. The number of carbonyl (C=O) groups excluding carboxylic acids is 1. The third-order valence-electron chi connectivity index (χ3n) is 4.52. The van der Waals surface area contributed by atoms with Gasteiger partial charge in [-0.25, -0.2) is 9.98 Å². The largest absolute Gasteiger partial charge is 0.369 e. The number of guanidine groups is 1. The number of aromatic nitrogens is 2. The molecule has 1 aliphatic carbocycles. The Hall–Kier alpha value is -2.63. The van der Waals surface area contributed by atoms with Crippen molar-refractivity contribution in [2.75, 3.05) is 7.05 Å². The van der Waals surface area contributed by atoms with Crippen LogP contribution in [-0.4, -0.2) is 33.4 Å². The zero-order valence-corrected chi connectivity index (χ0v) is 12.3. The first kappa shape index (κ1) is 13.1. The van der Waals surface area contributed by atoms with E-state index in [1.165, 1.54) is 4.90 Å². The molecule has 1 fully saturated rings. The summed E-state index contributed by atoms with van der Waals surface area (Å²) in [5.41, 5.74) is 6.93. The van der Waals surface area contributed by atoms with E-state index in [-0.39, 0.29) is 11.8 Å². The van der Waals surface area contributed by atoms with E-state index >= 15 is 0 Å². The maximum Gasteiger partial charge on any atom is 0.261 e. The van der Waals surface area contributed by atoms with Crippen LogP contribution in [0.25, 0.3) is 5.69 Å². The Bertz CT molecular complexity index is 763. The van der Waals surface area contributed by atoms with E-state index in [2.05, 4.69) is 9.98 Å². The summed E-state index contributed by atoms with van der Waals surface area (Å²) in [6, 6.07) is 7.91. The SMILES string of the molecule is CN1C(=O)C(c2cccc(-n3ccnc3)c2)(C2CC2)N=C1N. The molecule has 4 rings (SSSR count). The Balaban J connectivity index is 1.86. The normalized spacial score (nSPS) is 24.7. The van der Waals surface area contributed by atoms with Gasteiger partial charge in [0.1, 0.15) is 0 Å². The van der Waals surface area contributed by atoms with E-state index in [1.807, 2.05) is 35.0 Å². The summed E-state index contributed by atoms with van der Waals surface area (Å²) < 4.78 is 1.92. The van der Waals surface area contributed by atoms with Gasteiger partial charge in [-0.1, -0.05) is 12.1 Å². The summed E-state index contributed by atoms with van der Waals surface area (Å²) in [6.45, 7) is 0. The number of rotatable bonds is 3. The molecule has 6 nitrogen and oxygen atoms in total. The molecule has 0 radical (unpaired) electrons. The minimum absolute atomic E-state index is 0.0321. The Morgan fingerprint density at radius 1 is 1.36 bits per heavy atom. The van der Waals surface area contributed by atoms with Gasteiger partial charge in [0.25, 0.3) is 5.91 Å². The van der Waals surface area contributed by atoms with Crippen LogP contribution < -0.4 is 5.73 Å². The van der Waals surface area contributed by atoms with Gasteiger partial charge in [0.05, 0.1) is 6.33 Å². The number of hydrogen-bond donors (Lipinski definition) is 1. The lowest BCUT2D eigenvalue weighted by Crippen LogP contribution is -2.41. The van der Waals surface area contributed by atoms with Gasteiger partial charge in [0.15, 0.2) is 11.5 Å². The fourth-order valence-electron chi connectivity index (χ4n) is 3.17. The number of nitrogens with two attached hydrogens (primary N) is 1. The van der Waals surface area contributed by atoms with Crippen LogP contribution in [0.15, 0.2) is 48.0 Å². The number of imidazole rings is 1. The van der Waals surface area contributed by atoms with Crippen molar-refractivity contribution >= 4 is 11.9 Å². The molecule has 0 bridgehead atoms. The molecule has 1 aromatic heterocycles. The van der Waals surface area contributed by atoms with Gasteiger partial charge >= 0.3 is 0 Å². The molecule has 0 spiro atoms. The number of carbonyl (C=O) groups is 1. The van der Waals surface area contributed by atoms with Crippen molar-refractivity contribution in [3.63, 3.8) is 0 Å². The van der Waals surface area contributed by atoms with Gasteiger partial charge in [-0.2, -0.15) is 0 Å². The summed E-state index contributed by atoms with van der Waals surface area (Å²) >= 11 is 0. The predicted octanol–water partition coefficient (Wildman–Crippen LogP) is 1.26. The summed E-state index contributed by atoms with van der Waals surface area (Å²) in [6.07, 6.45) is 7.36. The Morgan fingerprint density at radius 2 is 2.18 bits per heavy atom. The van der Waals surface area contributed by atoms with E-state index < -0.39 is 5.54 Å². The average Bonchev–Trinajstić information content (AvgIpc) is 3.19. The van der Waals surface area contributed by atoms with Crippen LogP contribution in [0.2, 0.25) is 0 Å². The highest BCUT2D eigenvalue weighted by Gasteiger charge is 2.57. The molecule has 1 atom stereocenters. The van der Waals surface area contributed by atoms with Gasteiger partial charge in [0.2, 0.25) is 0 Å². The van der Waals surface area contributed by atoms with Gasteiger partial charge in [-0.05, 0) is 36.5 Å². The minimum atomic E-state index is -0.852. The van der Waals surface area contributed by atoms with E-state index in [9.17, 15) is 4.79 Å². The lowest BCUT2D eigenvalue weighted by atomic mass is 9.84. The lowest BCUT2D eigenvalue weighted by molar-refractivity contribution is -0.131. The summed E-state index contributed by atoms with van der Waals surface area (Å²) in [4.78, 5) is 22.9. The number of nitrogens with zero attached hydrogens (tertiary/aromatic N) is 4. The molecule has 1 aliphatic heterocycles. The van der Waals surface area contributed by atoms with E-state index in [4.69, 9.17) is 5.73 Å². The summed E-state index contributed by atoms with van der Waals surface area (Å²) in [5, 5.41) is 0. The molecule has 1 aromatic carbocycles. The van der Waals surface area contributed by atoms with Crippen molar-refractivity contribution in [1.82, 2.24) is 14.5 Å². The number of hydrogen-bond acceptors (Lipinski definition) is 4. The highest BCUT2D eigenvalue weighted by molar-refractivity contribution is 6.07. The van der Waals surface area contributed by atoms with E-state index in [0.717, 1.165) is 24.1 Å². The molecule has 2 heterocycles. The van der Waals surface area contributed by atoms with Crippen molar-refractivity contribution in [3.05, 3.63) is 48.5 Å². The van der Waals surface area contributed by atoms with Crippen molar-refractivity contribution in [1.29, 1.82) is 0 Å². The topological polar surface area (TPSA) is 76.5 Å². The highest BCUT2D eigenvalue weighted by atomic mass is 16.2. The van der Waals surface area contributed by atoms with Crippen LogP contribution in [0.1, 0.15) is 18.4 Å². The zero-order valence-electron chi connectivity index (χ0n) is 12.3. The van der Waals surface area contributed by atoms with Crippen molar-refractivity contribution in [3.8, 4) is 5.69 Å². The van der Waals surface area contributed by atoms with E-state index in [0.29, 0.717) is 5.96 Å². The van der Waals surface area contributed by atoms with Crippen LogP contribution in [-0.2, 0) is 10.3 Å². The summed E-state index contributed by atoms with van der Waals surface area (Å²) in [5.74, 6) is 0.502. The second-order valence-electron chi connectivity index (χ2n) is 5.90. The van der Waals surface area contributed by atoms with Crippen LogP contribution in [0, 0.1) is 5.92 Å². The molecule has 6 heteroatoms. The van der Waals surface area contributed by atoms with Gasteiger partial charge < -0.3 is 10.3 Å². The Labute approximate surface area is 128 Å². The number of benzene rings is 1. The summed E-state index contributed by atoms with van der Waals surface area (Å²) in [7, 11) is 1.69. The Kier molecular flexibility index (Phi) is 2.63.